The van der Waals surface area contributed by atoms with Crippen LogP contribution in [0.15, 0.2) is 36.4 Å². The molecule has 0 bridgehead atoms. The zero-order valence-corrected chi connectivity index (χ0v) is 14.6. The van der Waals surface area contributed by atoms with Gasteiger partial charge in [0.05, 0.1) is 12.1 Å². The molecule has 0 heterocycles. The second kappa shape index (κ2) is 7.53. The molecule has 0 fully saturated rings. The minimum Gasteiger partial charge on any atom is -0.495 e. The molecule has 0 atom stereocenters. The van der Waals surface area contributed by atoms with E-state index in [-0.39, 0.29) is 5.91 Å². The number of methoxy groups -OCH3 is 1. The second-order valence-corrected chi connectivity index (χ2v) is 5.94. The molecular formula is C18H17Cl2NO2. The normalized spacial score (nSPS) is 10.8. The van der Waals surface area contributed by atoms with E-state index in [9.17, 15) is 4.79 Å². The van der Waals surface area contributed by atoms with Crippen LogP contribution >= 0.6 is 23.2 Å². The van der Waals surface area contributed by atoms with Crippen LogP contribution in [0.1, 0.15) is 16.7 Å². The maximum absolute atomic E-state index is 12.2. The van der Waals surface area contributed by atoms with E-state index in [1.165, 1.54) is 13.2 Å². The number of carbonyl (C=O) groups is 1. The van der Waals surface area contributed by atoms with Crippen molar-refractivity contribution < 1.29 is 9.53 Å². The Kier molecular flexibility index (Phi) is 5.69. The first-order chi connectivity index (χ1) is 10.9. The molecule has 23 heavy (non-hydrogen) atoms. The van der Waals surface area contributed by atoms with Crippen LogP contribution in [0, 0.1) is 13.8 Å². The Morgan fingerprint density at radius 2 is 1.83 bits per heavy atom. The first-order valence-corrected chi connectivity index (χ1v) is 7.76. The highest BCUT2D eigenvalue weighted by molar-refractivity contribution is 6.36. The van der Waals surface area contributed by atoms with Gasteiger partial charge in [0.15, 0.2) is 0 Å². The molecular weight excluding hydrogens is 333 g/mol. The summed E-state index contributed by atoms with van der Waals surface area (Å²) >= 11 is 12.1. The molecule has 2 rings (SSSR count). The Labute approximate surface area is 145 Å². The summed E-state index contributed by atoms with van der Waals surface area (Å²) in [5, 5.41) is 3.76. The van der Waals surface area contributed by atoms with Gasteiger partial charge in [-0.05, 0) is 43.2 Å². The number of ether oxygens (including phenoxy) is 1. The van der Waals surface area contributed by atoms with Crippen molar-refractivity contribution in [3.05, 3.63) is 63.1 Å². The van der Waals surface area contributed by atoms with Crippen molar-refractivity contribution in [2.75, 3.05) is 12.4 Å². The average molecular weight is 350 g/mol. The smallest absolute Gasteiger partial charge is 0.248 e. The van der Waals surface area contributed by atoms with Crippen LogP contribution in [0.4, 0.5) is 5.69 Å². The highest BCUT2D eigenvalue weighted by atomic mass is 35.5. The number of aryl methyl sites for hydroxylation is 2. The maximum atomic E-state index is 12.2. The molecule has 0 aliphatic carbocycles. The van der Waals surface area contributed by atoms with Crippen LogP contribution < -0.4 is 10.1 Å². The van der Waals surface area contributed by atoms with E-state index in [4.69, 9.17) is 27.9 Å². The van der Waals surface area contributed by atoms with Gasteiger partial charge >= 0.3 is 0 Å². The number of hydrogen-bond donors (Lipinski definition) is 1. The molecule has 0 aromatic heterocycles. The van der Waals surface area contributed by atoms with Crippen molar-refractivity contribution in [1.82, 2.24) is 0 Å². The van der Waals surface area contributed by atoms with Crippen LogP contribution in [0.5, 0.6) is 5.75 Å². The van der Waals surface area contributed by atoms with Crippen LogP contribution in [0.25, 0.3) is 6.08 Å². The number of amides is 1. The third-order valence-electron chi connectivity index (χ3n) is 3.38. The summed E-state index contributed by atoms with van der Waals surface area (Å²) in [4.78, 5) is 12.2. The van der Waals surface area contributed by atoms with E-state index in [0.717, 1.165) is 16.8 Å². The maximum Gasteiger partial charge on any atom is 0.248 e. The topological polar surface area (TPSA) is 38.3 Å². The molecule has 5 heteroatoms. The Bertz CT molecular complexity index is 750. The number of carbonyl (C=O) groups excluding carboxylic acids is 1. The van der Waals surface area contributed by atoms with Crippen molar-refractivity contribution >= 4 is 40.9 Å². The number of halogens is 2. The van der Waals surface area contributed by atoms with E-state index in [1.54, 1.807) is 18.2 Å². The van der Waals surface area contributed by atoms with Crippen molar-refractivity contribution in [2.24, 2.45) is 0 Å². The van der Waals surface area contributed by atoms with Gasteiger partial charge in [-0.3, -0.25) is 4.79 Å². The molecule has 0 unspecified atom stereocenters. The molecule has 2 aromatic rings. The Hall–Kier alpha value is -1.97. The molecule has 0 spiro atoms. The van der Waals surface area contributed by atoms with E-state index < -0.39 is 0 Å². The van der Waals surface area contributed by atoms with E-state index in [1.807, 2.05) is 32.0 Å². The van der Waals surface area contributed by atoms with E-state index in [0.29, 0.717) is 21.4 Å². The summed E-state index contributed by atoms with van der Waals surface area (Å²) in [6, 6.07) is 9.14. The molecule has 2 aromatic carbocycles. The predicted octanol–water partition coefficient (Wildman–Crippen LogP) is 5.27. The van der Waals surface area contributed by atoms with Gasteiger partial charge in [-0.2, -0.15) is 0 Å². The fourth-order valence-corrected chi connectivity index (χ4v) is 2.85. The Morgan fingerprint density at radius 1 is 1.17 bits per heavy atom. The highest BCUT2D eigenvalue weighted by Gasteiger charge is 2.09. The third-order valence-corrected chi connectivity index (χ3v) is 3.88. The lowest BCUT2D eigenvalue weighted by atomic mass is 10.1. The number of anilines is 1. The quantitative estimate of drug-likeness (QED) is 0.763. The summed E-state index contributed by atoms with van der Waals surface area (Å²) in [6.07, 6.45) is 3.05. The highest BCUT2D eigenvalue weighted by Crippen LogP contribution is 2.33. The first kappa shape index (κ1) is 17.4. The molecule has 1 N–H and O–H groups in total. The standard InChI is InChI=1S/C18H17Cl2NO2/c1-11-5-4-6-12(2)17(11)21-16(22)8-7-13-9-14(19)10-15(20)18(13)23-3/h4-10H,1-3H3,(H,21,22)/b8-7+. The number of hydrogen-bond acceptors (Lipinski definition) is 2. The fourth-order valence-electron chi connectivity index (χ4n) is 2.26. The van der Waals surface area contributed by atoms with E-state index in [2.05, 4.69) is 5.32 Å². The molecule has 120 valence electrons. The fraction of sp³-hybridized carbons (Fsp3) is 0.167. The Balaban J connectivity index is 2.22. The molecule has 0 saturated carbocycles. The lowest BCUT2D eigenvalue weighted by Crippen LogP contribution is -2.10. The van der Waals surface area contributed by atoms with Gasteiger partial charge in [0, 0.05) is 22.3 Å². The molecule has 0 radical (unpaired) electrons. The molecule has 0 saturated heterocycles. The van der Waals surface area contributed by atoms with Gasteiger partial charge < -0.3 is 10.1 Å². The van der Waals surface area contributed by atoms with Crippen molar-refractivity contribution in [2.45, 2.75) is 13.8 Å². The zero-order valence-electron chi connectivity index (χ0n) is 13.1. The molecule has 3 nitrogen and oxygen atoms in total. The predicted molar refractivity (Wildman–Crippen MR) is 96.6 cm³/mol. The van der Waals surface area contributed by atoms with E-state index >= 15 is 0 Å². The minimum absolute atomic E-state index is 0.236. The summed E-state index contributed by atoms with van der Waals surface area (Å²) in [5.74, 6) is 0.243. The van der Waals surface area contributed by atoms with Crippen LogP contribution in [0.3, 0.4) is 0 Å². The minimum atomic E-state index is -0.236. The summed E-state index contributed by atoms with van der Waals surface area (Å²) < 4.78 is 5.25. The molecule has 1 amide bonds. The first-order valence-electron chi connectivity index (χ1n) is 7.00. The largest absolute Gasteiger partial charge is 0.495 e. The molecule has 0 aliphatic rings. The van der Waals surface area contributed by atoms with Crippen molar-refractivity contribution in [1.29, 1.82) is 0 Å². The number of nitrogens with one attached hydrogen (secondary N) is 1. The van der Waals surface area contributed by atoms with Gasteiger partial charge in [-0.1, -0.05) is 41.4 Å². The summed E-state index contributed by atoms with van der Waals surface area (Å²) in [5.41, 5.74) is 3.48. The monoisotopic (exact) mass is 349 g/mol. The summed E-state index contributed by atoms with van der Waals surface area (Å²) in [6.45, 7) is 3.90. The summed E-state index contributed by atoms with van der Waals surface area (Å²) in [7, 11) is 1.52. The van der Waals surface area contributed by atoms with Crippen molar-refractivity contribution in [3.8, 4) is 5.75 Å². The van der Waals surface area contributed by atoms with Crippen LogP contribution in [0.2, 0.25) is 10.0 Å². The van der Waals surface area contributed by atoms with Crippen molar-refractivity contribution in [3.63, 3.8) is 0 Å². The number of para-hydroxylation sites is 1. The Morgan fingerprint density at radius 3 is 2.43 bits per heavy atom. The number of rotatable bonds is 4. The van der Waals surface area contributed by atoms with Gasteiger partial charge in [0.2, 0.25) is 5.91 Å². The zero-order chi connectivity index (χ0) is 17.0. The molecule has 0 aliphatic heterocycles. The van der Waals surface area contributed by atoms with Crippen LogP contribution in [-0.4, -0.2) is 13.0 Å². The van der Waals surface area contributed by atoms with Crippen LogP contribution in [-0.2, 0) is 4.79 Å². The average Bonchev–Trinajstić information content (AvgIpc) is 2.48. The second-order valence-electron chi connectivity index (χ2n) is 5.10. The number of benzene rings is 2. The van der Waals surface area contributed by atoms with Gasteiger partial charge in [0.1, 0.15) is 5.75 Å². The lowest BCUT2D eigenvalue weighted by Gasteiger charge is -2.10. The van der Waals surface area contributed by atoms with Gasteiger partial charge in [-0.15, -0.1) is 0 Å². The SMILES string of the molecule is COc1c(Cl)cc(Cl)cc1/C=C/C(=O)Nc1c(C)cccc1C. The third kappa shape index (κ3) is 4.27. The van der Waals surface area contributed by atoms with Gasteiger partial charge in [0.25, 0.3) is 0 Å². The van der Waals surface area contributed by atoms with Gasteiger partial charge in [-0.25, -0.2) is 0 Å². The lowest BCUT2D eigenvalue weighted by molar-refractivity contribution is -0.111.